The van der Waals surface area contributed by atoms with E-state index >= 15 is 0 Å². The molecule has 3 rings (SSSR count). The number of hydrogen-bond acceptors (Lipinski definition) is 5. The van der Waals surface area contributed by atoms with E-state index in [4.69, 9.17) is 4.74 Å². The quantitative estimate of drug-likeness (QED) is 0.672. The Morgan fingerprint density at radius 3 is 2.48 bits per heavy atom. The maximum absolute atomic E-state index is 13.8. The van der Waals surface area contributed by atoms with E-state index in [1.165, 1.54) is 10.6 Å². The predicted molar refractivity (Wildman–Crippen MR) is 113 cm³/mol. The van der Waals surface area contributed by atoms with E-state index in [-0.39, 0.29) is 0 Å². The third-order valence-electron chi connectivity index (χ3n) is 5.50. The van der Waals surface area contributed by atoms with Gasteiger partial charge in [0.2, 0.25) is 10.0 Å². The molecule has 3 heterocycles. The van der Waals surface area contributed by atoms with Crippen LogP contribution in [0.15, 0.2) is 24.4 Å². The van der Waals surface area contributed by atoms with Gasteiger partial charge in [0.15, 0.2) is 0 Å². The summed E-state index contributed by atoms with van der Waals surface area (Å²) in [6.07, 6.45) is 7.60. The minimum absolute atomic E-state index is 0.395. The van der Waals surface area contributed by atoms with Gasteiger partial charge in [-0.25, -0.2) is 12.8 Å². The van der Waals surface area contributed by atoms with Gasteiger partial charge in [0.05, 0.1) is 24.8 Å². The fraction of sp³-hybridized carbons (Fsp3) is 0.667. The average Bonchev–Trinajstić information content (AvgIpc) is 2.66. The SMILES string of the molecule is CC(C)(F)CN1CCC(COc2ccc(C3=CCN(S(C)(=O)=O)CC3)nc2)CC1. The topological polar surface area (TPSA) is 62.7 Å². The molecule has 0 N–H and O–H groups in total. The second-order valence-electron chi connectivity index (χ2n) is 8.73. The molecule has 2 aliphatic rings. The van der Waals surface area contributed by atoms with Gasteiger partial charge in [0.25, 0.3) is 0 Å². The third-order valence-corrected chi connectivity index (χ3v) is 6.77. The van der Waals surface area contributed by atoms with Gasteiger partial charge in [0.1, 0.15) is 11.4 Å². The Morgan fingerprint density at radius 1 is 1.24 bits per heavy atom. The molecule has 0 unspecified atom stereocenters. The lowest BCUT2D eigenvalue weighted by Gasteiger charge is -2.34. The standard InChI is InChI=1S/C21H32FN3O3S/c1-21(2,22)16-24-10-6-17(7-11-24)15-28-19-4-5-20(23-14-19)18-8-12-25(13-9-18)29(3,26)27/h4-5,8,14,17H,6-7,9-13,15-16H2,1-3H3. The Bertz CT molecular complexity index is 811. The van der Waals surface area contributed by atoms with Crippen molar-refractivity contribution >= 4 is 15.6 Å². The Hall–Kier alpha value is -1.51. The number of nitrogens with zero attached hydrogens (tertiary/aromatic N) is 3. The van der Waals surface area contributed by atoms with E-state index in [2.05, 4.69) is 9.88 Å². The molecule has 0 amide bonds. The van der Waals surface area contributed by atoms with Crippen LogP contribution in [-0.2, 0) is 10.0 Å². The van der Waals surface area contributed by atoms with E-state index in [1.807, 2.05) is 18.2 Å². The molecule has 0 saturated carbocycles. The van der Waals surface area contributed by atoms with Crippen molar-refractivity contribution in [3.05, 3.63) is 30.1 Å². The number of sulfonamides is 1. The number of halogens is 1. The molecule has 8 heteroatoms. The highest BCUT2D eigenvalue weighted by atomic mass is 32.2. The highest BCUT2D eigenvalue weighted by molar-refractivity contribution is 7.88. The minimum Gasteiger partial charge on any atom is -0.492 e. The molecule has 0 radical (unpaired) electrons. The van der Waals surface area contributed by atoms with Crippen molar-refractivity contribution in [2.24, 2.45) is 5.92 Å². The third kappa shape index (κ3) is 6.76. The number of likely N-dealkylation sites (tertiary alicyclic amines) is 1. The molecule has 29 heavy (non-hydrogen) atoms. The van der Waals surface area contributed by atoms with Crippen LogP contribution in [-0.4, -0.2) is 73.9 Å². The summed E-state index contributed by atoms with van der Waals surface area (Å²) in [7, 11) is -3.14. The molecule has 162 valence electrons. The molecule has 1 aromatic heterocycles. The van der Waals surface area contributed by atoms with Gasteiger partial charge in [-0.15, -0.1) is 0 Å². The summed E-state index contributed by atoms with van der Waals surface area (Å²) < 4.78 is 44.4. The van der Waals surface area contributed by atoms with E-state index < -0.39 is 15.7 Å². The molecule has 0 spiro atoms. The van der Waals surface area contributed by atoms with Crippen LogP contribution in [0.5, 0.6) is 5.75 Å². The molecule has 1 saturated heterocycles. The first-order chi connectivity index (χ1) is 13.6. The van der Waals surface area contributed by atoms with Crippen molar-refractivity contribution in [1.29, 1.82) is 0 Å². The highest BCUT2D eigenvalue weighted by Crippen LogP contribution is 2.25. The van der Waals surface area contributed by atoms with Crippen LogP contribution in [0.1, 0.15) is 38.8 Å². The van der Waals surface area contributed by atoms with E-state index in [1.54, 1.807) is 20.0 Å². The molecule has 0 aromatic carbocycles. The molecule has 0 bridgehead atoms. The molecule has 1 fully saturated rings. The lowest BCUT2D eigenvalue weighted by atomic mass is 9.97. The second kappa shape index (κ2) is 9.10. The Labute approximate surface area is 173 Å². The maximum Gasteiger partial charge on any atom is 0.211 e. The van der Waals surface area contributed by atoms with Gasteiger partial charge in [-0.2, -0.15) is 4.31 Å². The number of hydrogen-bond donors (Lipinski definition) is 0. The molecular weight excluding hydrogens is 393 g/mol. The zero-order chi connectivity index (χ0) is 21.1. The minimum atomic E-state index is -3.14. The van der Waals surface area contributed by atoms with Crippen LogP contribution < -0.4 is 4.74 Å². The first-order valence-electron chi connectivity index (χ1n) is 10.2. The van der Waals surface area contributed by atoms with E-state index in [9.17, 15) is 12.8 Å². The number of aromatic nitrogens is 1. The lowest BCUT2D eigenvalue weighted by molar-refractivity contribution is 0.0836. The molecular formula is C21H32FN3O3S. The van der Waals surface area contributed by atoms with Crippen LogP contribution in [0, 0.1) is 5.92 Å². The van der Waals surface area contributed by atoms with Crippen LogP contribution in [0.2, 0.25) is 0 Å². The maximum atomic E-state index is 13.8. The number of piperidine rings is 1. The average molecular weight is 426 g/mol. The Kier molecular flexibility index (Phi) is 6.96. The second-order valence-corrected chi connectivity index (χ2v) is 10.7. The van der Waals surface area contributed by atoms with E-state index in [0.717, 1.165) is 42.9 Å². The van der Waals surface area contributed by atoms with E-state index in [0.29, 0.717) is 38.6 Å². The van der Waals surface area contributed by atoms with Crippen LogP contribution in [0.3, 0.4) is 0 Å². The van der Waals surface area contributed by atoms with Gasteiger partial charge in [0, 0.05) is 19.6 Å². The number of alkyl halides is 1. The lowest BCUT2D eigenvalue weighted by Crippen LogP contribution is -2.41. The summed E-state index contributed by atoms with van der Waals surface area (Å²) >= 11 is 0. The largest absolute Gasteiger partial charge is 0.492 e. The predicted octanol–water partition coefficient (Wildman–Crippen LogP) is 2.97. The molecule has 0 atom stereocenters. The van der Waals surface area contributed by atoms with Crippen molar-refractivity contribution < 1.29 is 17.5 Å². The van der Waals surface area contributed by atoms with Gasteiger partial charge in [-0.05, 0) is 69.8 Å². The smallest absolute Gasteiger partial charge is 0.211 e. The zero-order valence-electron chi connectivity index (χ0n) is 17.6. The summed E-state index contributed by atoms with van der Waals surface area (Å²) in [5.74, 6) is 1.23. The first kappa shape index (κ1) is 22.2. The first-order valence-corrected chi connectivity index (χ1v) is 12.1. The number of ether oxygens (including phenoxy) is 1. The summed E-state index contributed by atoms with van der Waals surface area (Å²) in [5, 5.41) is 0. The fourth-order valence-corrected chi connectivity index (χ4v) is 4.67. The summed E-state index contributed by atoms with van der Waals surface area (Å²) in [6.45, 7) is 7.11. The molecule has 1 aromatic rings. The normalized spacial score (nSPS) is 20.5. The van der Waals surface area contributed by atoms with Crippen molar-refractivity contribution in [1.82, 2.24) is 14.2 Å². The van der Waals surface area contributed by atoms with Crippen molar-refractivity contribution in [2.75, 3.05) is 45.6 Å². The van der Waals surface area contributed by atoms with Crippen LogP contribution in [0.25, 0.3) is 5.57 Å². The Morgan fingerprint density at radius 2 is 1.97 bits per heavy atom. The number of rotatable bonds is 7. The summed E-state index contributed by atoms with van der Waals surface area (Å²) in [4.78, 5) is 6.68. The Balaban J connectivity index is 1.45. The highest BCUT2D eigenvalue weighted by Gasteiger charge is 2.25. The fourth-order valence-electron chi connectivity index (χ4n) is 3.90. The monoisotopic (exact) mass is 425 g/mol. The summed E-state index contributed by atoms with van der Waals surface area (Å²) in [6, 6.07) is 3.86. The summed E-state index contributed by atoms with van der Waals surface area (Å²) in [5.41, 5.74) is 0.792. The van der Waals surface area contributed by atoms with Crippen molar-refractivity contribution in [3.63, 3.8) is 0 Å². The van der Waals surface area contributed by atoms with Gasteiger partial charge >= 0.3 is 0 Å². The molecule has 2 aliphatic heterocycles. The van der Waals surface area contributed by atoms with Crippen LogP contribution >= 0.6 is 0 Å². The molecule has 0 aliphatic carbocycles. The number of pyridine rings is 1. The van der Waals surface area contributed by atoms with Crippen molar-refractivity contribution in [2.45, 2.75) is 38.8 Å². The van der Waals surface area contributed by atoms with Gasteiger partial charge in [-0.1, -0.05) is 6.08 Å². The van der Waals surface area contributed by atoms with Gasteiger partial charge < -0.3 is 9.64 Å². The van der Waals surface area contributed by atoms with Crippen molar-refractivity contribution in [3.8, 4) is 5.75 Å². The molecule has 6 nitrogen and oxygen atoms in total. The van der Waals surface area contributed by atoms with Gasteiger partial charge in [-0.3, -0.25) is 4.98 Å². The van der Waals surface area contributed by atoms with Crippen LogP contribution in [0.4, 0.5) is 4.39 Å². The zero-order valence-corrected chi connectivity index (χ0v) is 18.4.